The third kappa shape index (κ3) is 6.47. The predicted octanol–water partition coefficient (Wildman–Crippen LogP) is 3.66. The SMILES string of the molecule is CC(C)(C)c1nnc(-c2cnc(Nc3ccc4c(c3)CCNC4=O)nc2N)o1.OCCc1ccccc1. The maximum absolute atomic E-state index is 11.8. The first-order valence-electron chi connectivity index (χ1n) is 12.0. The highest BCUT2D eigenvalue weighted by molar-refractivity contribution is 5.97. The van der Waals surface area contributed by atoms with Gasteiger partial charge in [0.25, 0.3) is 11.8 Å². The van der Waals surface area contributed by atoms with E-state index in [9.17, 15) is 4.79 Å². The fourth-order valence-corrected chi connectivity index (χ4v) is 3.66. The van der Waals surface area contributed by atoms with Crippen LogP contribution in [0.3, 0.4) is 0 Å². The number of aliphatic hydroxyl groups is 1. The molecular formula is C27H31N7O3. The standard InChI is InChI=1S/C19H21N7O2.C8H10O/c1-19(2,3)17-26-25-16(28-17)13-9-22-18(24-14(13)20)23-11-4-5-12-10(8-11)6-7-21-15(12)27;9-7-6-8-4-2-1-3-5-8/h4-5,8-9H,6-7H2,1-3H3,(H,21,27)(H3,20,22,23,24);1-5,9H,6-7H2. The molecule has 4 aromatic rings. The number of carbonyl (C=O) groups is 1. The summed E-state index contributed by atoms with van der Waals surface area (Å²) >= 11 is 0. The number of nitrogens with zero attached hydrogens (tertiary/aromatic N) is 4. The van der Waals surface area contributed by atoms with Crippen LogP contribution in [-0.4, -0.2) is 44.3 Å². The minimum Gasteiger partial charge on any atom is -0.420 e. The number of rotatable bonds is 5. The topological polar surface area (TPSA) is 152 Å². The third-order valence-corrected chi connectivity index (χ3v) is 5.64. The van der Waals surface area contributed by atoms with Crippen molar-refractivity contribution >= 4 is 23.4 Å². The van der Waals surface area contributed by atoms with E-state index in [0.29, 0.717) is 29.5 Å². The van der Waals surface area contributed by atoms with Crippen LogP contribution in [0.4, 0.5) is 17.5 Å². The summed E-state index contributed by atoms with van der Waals surface area (Å²) in [4.78, 5) is 20.4. The molecule has 5 N–H and O–H groups in total. The van der Waals surface area contributed by atoms with Crippen molar-refractivity contribution in [3.63, 3.8) is 0 Å². The lowest BCUT2D eigenvalue weighted by molar-refractivity contribution is 0.0946. The highest BCUT2D eigenvalue weighted by Gasteiger charge is 2.23. The minimum atomic E-state index is -0.258. The number of benzene rings is 2. The van der Waals surface area contributed by atoms with Gasteiger partial charge >= 0.3 is 0 Å². The molecule has 1 amide bonds. The fraction of sp³-hybridized carbons (Fsp3) is 0.296. The first kappa shape index (κ1) is 25.8. The van der Waals surface area contributed by atoms with E-state index in [2.05, 4.69) is 30.8 Å². The zero-order valence-corrected chi connectivity index (χ0v) is 21.2. The summed E-state index contributed by atoms with van der Waals surface area (Å²) in [5.74, 6) is 1.33. The second-order valence-corrected chi connectivity index (χ2v) is 9.62. The Morgan fingerprint density at radius 3 is 2.57 bits per heavy atom. The van der Waals surface area contributed by atoms with E-state index in [4.69, 9.17) is 15.3 Å². The van der Waals surface area contributed by atoms with Gasteiger partial charge in [0, 0.05) is 36.0 Å². The van der Waals surface area contributed by atoms with Crippen LogP contribution < -0.4 is 16.4 Å². The average molecular weight is 502 g/mol. The first-order valence-corrected chi connectivity index (χ1v) is 12.0. The molecule has 3 heterocycles. The second kappa shape index (κ2) is 11.2. The van der Waals surface area contributed by atoms with Crippen LogP contribution in [0.15, 0.2) is 59.1 Å². The van der Waals surface area contributed by atoms with E-state index >= 15 is 0 Å². The number of nitrogens with one attached hydrogen (secondary N) is 2. The summed E-state index contributed by atoms with van der Waals surface area (Å²) in [5, 5.41) is 22.6. The Labute approximate surface area is 215 Å². The summed E-state index contributed by atoms with van der Waals surface area (Å²) in [5.41, 5.74) is 9.96. The number of nitrogens with two attached hydrogens (primary N) is 1. The van der Waals surface area contributed by atoms with Crippen LogP contribution in [-0.2, 0) is 18.3 Å². The Bertz CT molecular complexity index is 1360. The average Bonchev–Trinajstić information content (AvgIpc) is 3.36. The molecule has 0 aliphatic carbocycles. The number of amides is 1. The molecule has 0 saturated heterocycles. The molecule has 0 bridgehead atoms. The molecule has 10 heteroatoms. The van der Waals surface area contributed by atoms with Gasteiger partial charge in [0.15, 0.2) is 0 Å². The molecule has 192 valence electrons. The van der Waals surface area contributed by atoms with Gasteiger partial charge in [0.05, 0.1) is 5.56 Å². The van der Waals surface area contributed by atoms with Crippen LogP contribution in [0.5, 0.6) is 0 Å². The summed E-state index contributed by atoms with van der Waals surface area (Å²) in [6.07, 6.45) is 3.10. The van der Waals surface area contributed by atoms with Crippen molar-refractivity contribution < 1.29 is 14.3 Å². The lowest BCUT2D eigenvalue weighted by atomic mass is 9.97. The molecule has 0 spiro atoms. The molecule has 37 heavy (non-hydrogen) atoms. The van der Waals surface area contributed by atoms with Crippen molar-refractivity contribution in [2.24, 2.45) is 0 Å². The monoisotopic (exact) mass is 501 g/mol. The zero-order valence-electron chi connectivity index (χ0n) is 21.2. The fourth-order valence-electron chi connectivity index (χ4n) is 3.66. The molecule has 10 nitrogen and oxygen atoms in total. The van der Waals surface area contributed by atoms with Gasteiger partial charge in [-0.3, -0.25) is 4.79 Å². The Balaban J connectivity index is 0.000000301. The molecule has 0 fully saturated rings. The van der Waals surface area contributed by atoms with E-state index in [-0.39, 0.29) is 29.6 Å². The lowest BCUT2D eigenvalue weighted by Gasteiger charge is -2.17. The van der Waals surface area contributed by atoms with Gasteiger partial charge in [0.2, 0.25) is 11.8 Å². The largest absolute Gasteiger partial charge is 0.420 e. The molecular weight excluding hydrogens is 470 g/mol. The first-order chi connectivity index (χ1) is 17.7. The quantitative estimate of drug-likeness (QED) is 0.321. The van der Waals surface area contributed by atoms with Crippen molar-refractivity contribution in [3.8, 4) is 11.5 Å². The summed E-state index contributed by atoms with van der Waals surface area (Å²) < 4.78 is 5.70. The van der Waals surface area contributed by atoms with Gasteiger partial charge in [-0.05, 0) is 42.2 Å². The van der Waals surface area contributed by atoms with Gasteiger partial charge in [0.1, 0.15) is 5.82 Å². The van der Waals surface area contributed by atoms with Gasteiger partial charge < -0.3 is 25.9 Å². The molecule has 0 saturated carbocycles. The van der Waals surface area contributed by atoms with E-state index in [1.54, 1.807) is 12.3 Å². The zero-order chi connectivity index (χ0) is 26.4. The second-order valence-electron chi connectivity index (χ2n) is 9.62. The number of carbonyl (C=O) groups excluding carboxylic acids is 1. The molecule has 0 radical (unpaired) electrons. The summed E-state index contributed by atoms with van der Waals surface area (Å²) in [6.45, 7) is 6.83. The van der Waals surface area contributed by atoms with Crippen LogP contribution in [0, 0.1) is 0 Å². The van der Waals surface area contributed by atoms with Crippen LogP contribution >= 0.6 is 0 Å². The Kier molecular flexibility index (Phi) is 7.78. The van der Waals surface area contributed by atoms with Gasteiger partial charge in [-0.2, -0.15) is 4.98 Å². The van der Waals surface area contributed by atoms with Crippen molar-refractivity contribution in [2.75, 3.05) is 24.2 Å². The third-order valence-electron chi connectivity index (χ3n) is 5.64. The van der Waals surface area contributed by atoms with Gasteiger partial charge in [-0.15, -0.1) is 10.2 Å². The Morgan fingerprint density at radius 2 is 1.89 bits per heavy atom. The smallest absolute Gasteiger partial charge is 0.253 e. The van der Waals surface area contributed by atoms with Gasteiger partial charge in [-0.25, -0.2) is 4.98 Å². The molecule has 5 rings (SSSR count). The number of hydrogen-bond donors (Lipinski definition) is 4. The number of fused-ring (bicyclic) bond motifs is 1. The maximum atomic E-state index is 11.8. The number of anilines is 3. The Hall–Kier alpha value is -4.31. The normalized spacial score (nSPS) is 12.7. The molecule has 2 aromatic carbocycles. The molecule has 1 aliphatic rings. The highest BCUT2D eigenvalue weighted by Crippen LogP contribution is 2.28. The number of aromatic nitrogens is 4. The highest BCUT2D eigenvalue weighted by atomic mass is 16.4. The lowest BCUT2D eigenvalue weighted by Crippen LogP contribution is -2.31. The number of aliphatic hydroxyl groups excluding tert-OH is 1. The molecule has 0 atom stereocenters. The van der Waals surface area contributed by atoms with E-state index < -0.39 is 0 Å². The Morgan fingerprint density at radius 1 is 1.11 bits per heavy atom. The van der Waals surface area contributed by atoms with Crippen molar-refractivity contribution in [2.45, 2.75) is 39.0 Å². The minimum absolute atomic E-state index is 0.0492. The predicted molar refractivity (Wildman–Crippen MR) is 141 cm³/mol. The summed E-state index contributed by atoms with van der Waals surface area (Å²) in [7, 11) is 0. The van der Waals surface area contributed by atoms with Crippen LogP contribution in [0.1, 0.15) is 48.1 Å². The van der Waals surface area contributed by atoms with E-state index in [1.807, 2.05) is 63.2 Å². The van der Waals surface area contributed by atoms with E-state index in [0.717, 1.165) is 24.1 Å². The van der Waals surface area contributed by atoms with Crippen LogP contribution in [0.2, 0.25) is 0 Å². The van der Waals surface area contributed by atoms with Gasteiger partial charge in [-0.1, -0.05) is 51.1 Å². The van der Waals surface area contributed by atoms with Crippen molar-refractivity contribution in [1.29, 1.82) is 0 Å². The van der Waals surface area contributed by atoms with Crippen molar-refractivity contribution in [3.05, 3.63) is 77.3 Å². The maximum Gasteiger partial charge on any atom is 0.253 e. The van der Waals surface area contributed by atoms with Crippen LogP contribution in [0.25, 0.3) is 11.5 Å². The molecule has 2 aromatic heterocycles. The van der Waals surface area contributed by atoms with E-state index in [1.165, 1.54) is 5.56 Å². The van der Waals surface area contributed by atoms with Crippen molar-refractivity contribution in [1.82, 2.24) is 25.5 Å². The molecule has 1 aliphatic heterocycles. The summed E-state index contributed by atoms with van der Waals surface area (Å²) in [6, 6.07) is 15.5. The molecule has 0 unspecified atom stereocenters. The number of hydrogen-bond acceptors (Lipinski definition) is 9. The number of nitrogen functional groups attached to an aromatic ring is 1.